The number of fused-ring (bicyclic) bond motifs is 2. The first kappa shape index (κ1) is 17.2. The van der Waals surface area contributed by atoms with Crippen molar-refractivity contribution in [2.24, 2.45) is 0 Å². The fraction of sp³-hybridized carbons (Fsp3) is 0.200. The molecule has 0 unspecified atom stereocenters. The number of benzene rings is 1. The maximum absolute atomic E-state index is 13.0. The number of aromatic nitrogens is 2. The number of imide groups is 1. The Kier molecular flexibility index (Phi) is 3.60. The lowest BCUT2D eigenvalue weighted by molar-refractivity contribution is -0.124. The summed E-state index contributed by atoms with van der Waals surface area (Å²) in [4.78, 5) is 46.9. The van der Waals surface area contributed by atoms with Gasteiger partial charge in [-0.1, -0.05) is 6.07 Å². The zero-order chi connectivity index (χ0) is 20.2. The van der Waals surface area contributed by atoms with E-state index in [9.17, 15) is 14.4 Å². The van der Waals surface area contributed by atoms with E-state index in [1.54, 1.807) is 35.4 Å². The maximum atomic E-state index is 13.0. The largest absolute Gasteiger partial charge is 0.497 e. The molecule has 1 atom stereocenters. The van der Waals surface area contributed by atoms with E-state index in [0.717, 1.165) is 11.1 Å². The van der Waals surface area contributed by atoms with Crippen LogP contribution in [0.1, 0.15) is 21.6 Å². The van der Waals surface area contributed by atoms with Crippen LogP contribution in [0.5, 0.6) is 5.75 Å². The van der Waals surface area contributed by atoms with Crippen LogP contribution in [0, 0.1) is 0 Å². The van der Waals surface area contributed by atoms with Crippen molar-refractivity contribution >= 4 is 28.9 Å². The van der Waals surface area contributed by atoms with Gasteiger partial charge in [0.1, 0.15) is 5.75 Å². The normalized spacial score (nSPS) is 20.7. The number of nitrogens with one attached hydrogen (secondary N) is 3. The van der Waals surface area contributed by atoms with Crippen molar-refractivity contribution in [2.75, 3.05) is 13.7 Å². The van der Waals surface area contributed by atoms with E-state index in [4.69, 9.17) is 4.74 Å². The second-order valence-corrected chi connectivity index (χ2v) is 7.12. The van der Waals surface area contributed by atoms with Crippen LogP contribution in [-0.4, -0.2) is 46.4 Å². The van der Waals surface area contributed by atoms with Gasteiger partial charge in [-0.2, -0.15) is 0 Å². The van der Waals surface area contributed by atoms with Crippen molar-refractivity contribution in [3.8, 4) is 5.75 Å². The minimum atomic E-state index is -1.43. The standard InChI is InChI=1S/C20H17N5O4/c1-29-12-5-4-11-9-25(17(26)13(11)7-12)10-20(18(27)23-19(28)24-20)16-8-15-14(22-16)3-2-6-21-15/h2-8,22H,9-10H2,1H3,(H2,23,24,27,28)/t20-/m0/s1. The third kappa shape index (κ3) is 2.54. The number of hydrogen-bond donors (Lipinski definition) is 3. The molecule has 5 rings (SSSR count). The molecule has 3 aromatic rings. The van der Waals surface area contributed by atoms with Crippen molar-refractivity contribution in [1.29, 1.82) is 0 Å². The predicted octanol–water partition coefficient (Wildman–Crippen LogP) is 1.26. The van der Waals surface area contributed by atoms with E-state index in [1.165, 1.54) is 7.11 Å². The molecule has 146 valence electrons. The van der Waals surface area contributed by atoms with Crippen LogP contribution in [0.2, 0.25) is 0 Å². The first-order valence-electron chi connectivity index (χ1n) is 9.04. The SMILES string of the molecule is COc1ccc2c(c1)C(=O)N(C[C@@]1(c3cc4ncccc4[nH]3)NC(=O)NC1=O)C2. The van der Waals surface area contributed by atoms with E-state index >= 15 is 0 Å². The van der Waals surface area contributed by atoms with Gasteiger partial charge in [0.25, 0.3) is 11.8 Å². The van der Waals surface area contributed by atoms with Gasteiger partial charge in [-0.25, -0.2) is 4.79 Å². The Balaban J connectivity index is 1.54. The summed E-state index contributed by atoms with van der Waals surface area (Å²) in [6, 6.07) is 10.0. The molecule has 4 amide bonds. The fourth-order valence-corrected chi connectivity index (χ4v) is 3.95. The van der Waals surface area contributed by atoms with Crippen LogP contribution in [0.15, 0.2) is 42.6 Å². The van der Waals surface area contributed by atoms with Gasteiger partial charge in [0.2, 0.25) is 0 Å². The van der Waals surface area contributed by atoms with Crippen LogP contribution in [0.4, 0.5) is 4.79 Å². The predicted molar refractivity (Wildman–Crippen MR) is 102 cm³/mol. The summed E-state index contributed by atoms with van der Waals surface area (Å²) in [6.45, 7) is 0.314. The lowest BCUT2D eigenvalue weighted by atomic mass is 9.94. The summed E-state index contributed by atoms with van der Waals surface area (Å²) in [7, 11) is 1.54. The molecular weight excluding hydrogens is 374 g/mol. The molecule has 2 aliphatic heterocycles. The number of carbonyl (C=O) groups is 3. The van der Waals surface area contributed by atoms with Gasteiger partial charge in [-0.15, -0.1) is 0 Å². The number of ether oxygens (including phenoxy) is 1. The lowest BCUT2D eigenvalue weighted by Gasteiger charge is -2.30. The van der Waals surface area contributed by atoms with Crippen LogP contribution < -0.4 is 15.4 Å². The zero-order valence-electron chi connectivity index (χ0n) is 15.5. The first-order chi connectivity index (χ1) is 14.0. The molecule has 2 aliphatic rings. The maximum Gasteiger partial charge on any atom is 0.322 e. The Labute approximate surface area is 165 Å². The van der Waals surface area contributed by atoms with Crippen LogP contribution in [0.25, 0.3) is 11.0 Å². The quantitative estimate of drug-likeness (QED) is 0.579. The molecule has 29 heavy (non-hydrogen) atoms. The first-order valence-corrected chi connectivity index (χ1v) is 9.04. The molecule has 2 aromatic heterocycles. The summed E-state index contributed by atoms with van der Waals surface area (Å²) in [5, 5.41) is 5.01. The number of carbonyl (C=O) groups excluding carboxylic acids is 3. The van der Waals surface area contributed by atoms with Crippen LogP contribution in [-0.2, 0) is 16.9 Å². The minimum absolute atomic E-state index is 0.0206. The van der Waals surface area contributed by atoms with Crippen molar-refractivity contribution in [3.63, 3.8) is 0 Å². The van der Waals surface area contributed by atoms with Crippen LogP contribution in [0.3, 0.4) is 0 Å². The molecule has 0 saturated carbocycles. The third-order valence-electron chi connectivity index (χ3n) is 5.41. The number of aromatic amines is 1. The smallest absolute Gasteiger partial charge is 0.322 e. The average Bonchev–Trinajstić information content (AvgIpc) is 3.36. The van der Waals surface area contributed by atoms with Gasteiger partial charge >= 0.3 is 6.03 Å². The van der Waals surface area contributed by atoms with Gasteiger partial charge in [-0.05, 0) is 35.9 Å². The molecule has 0 aliphatic carbocycles. The molecule has 0 spiro atoms. The molecule has 3 N–H and O–H groups in total. The van der Waals surface area contributed by atoms with Gasteiger partial charge in [0.15, 0.2) is 5.54 Å². The second-order valence-electron chi connectivity index (χ2n) is 7.12. The number of H-pyrrole nitrogens is 1. The highest BCUT2D eigenvalue weighted by atomic mass is 16.5. The molecule has 0 radical (unpaired) electrons. The third-order valence-corrected chi connectivity index (χ3v) is 5.41. The number of methoxy groups -OCH3 is 1. The summed E-state index contributed by atoms with van der Waals surface area (Å²) in [5.74, 6) is -0.154. The van der Waals surface area contributed by atoms with Gasteiger partial charge in [0.05, 0.1) is 30.4 Å². The summed E-state index contributed by atoms with van der Waals surface area (Å²) >= 11 is 0. The molecule has 1 fully saturated rings. The number of pyridine rings is 1. The Bertz CT molecular complexity index is 1150. The number of amides is 4. The average molecular weight is 391 g/mol. The second kappa shape index (κ2) is 6.06. The lowest BCUT2D eigenvalue weighted by Crippen LogP contribution is -2.53. The number of urea groups is 1. The van der Waals surface area contributed by atoms with Crippen LogP contribution >= 0.6 is 0 Å². The zero-order valence-corrected chi connectivity index (χ0v) is 15.5. The van der Waals surface area contributed by atoms with Crippen molar-refractivity contribution in [3.05, 3.63) is 59.4 Å². The van der Waals surface area contributed by atoms with Crippen molar-refractivity contribution < 1.29 is 19.1 Å². The molecule has 0 bridgehead atoms. The van der Waals surface area contributed by atoms with Gasteiger partial charge < -0.3 is 19.9 Å². The minimum Gasteiger partial charge on any atom is -0.497 e. The topological polar surface area (TPSA) is 116 Å². The summed E-state index contributed by atoms with van der Waals surface area (Å²) < 4.78 is 5.21. The molecule has 1 saturated heterocycles. The highest BCUT2D eigenvalue weighted by molar-refractivity contribution is 6.08. The Morgan fingerprint density at radius 1 is 1.21 bits per heavy atom. The van der Waals surface area contributed by atoms with Gasteiger partial charge in [0, 0.05) is 18.3 Å². The van der Waals surface area contributed by atoms with E-state index in [2.05, 4.69) is 20.6 Å². The summed E-state index contributed by atoms with van der Waals surface area (Å²) in [6.07, 6.45) is 1.65. The molecule has 9 heteroatoms. The van der Waals surface area contributed by atoms with E-state index in [-0.39, 0.29) is 12.5 Å². The van der Waals surface area contributed by atoms with E-state index < -0.39 is 17.5 Å². The molecule has 4 heterocycles. The summed E-state index contributed by atoms with van der Waals surface area (Å²) in [5.41, 5.74) is 1.81. The highest BCUT2D eigenvalue weighted by Crippen LogP contribution is 2.33. The highest BCUT2D eigenvalue weighted by Gasteiger charge is 2.51. The van der Waals surface area contributed by atoms with E-state index in [1.807, 2.05) is 12.1 Å². The van der Waals surface area contributed by atoms with Crippen molar-refractivity contribution in [2.45, 2.75) is 12.1 Å². The molecule has 1 aromatic carbocycles. The Morgan fingerprint density at radius 2 is 2.07 bits per heavy atom. The Hall–Kier alpha value is -3.88. The van der Waals surface area contributed by atoms with Gasteiger partial charge in [-0.3, -0.25) is 19.9 Å². The molecular formula is C20H17N5O4. The monoisotopic (exact) mass is 391 g/mol. The number of nitrogens with zero attached hydrogens (tertiary/aromatic N) is 2. The van der Waals surface area contributed by atoms with Crippen molar-refractivity contribution in [1.82, 2.24) is 25.5 Å². The fourth-order valence-electron chi connectivity index (χ4n) is 3.95. The molecule has 9 nitrogen and oxygen atoms in total. The Morgan fingerprint density at radius 3 is 2.79 bits per heavy atom. The van der Waals surface area contributed by atoms with E-state index in [0.29, 0.717) is 29.1 Å². The number of hydrogen-bond acceptors (Lipinski definition) is 5. The number of rotatable bonds is 4.